The molecule has 0 aliphatic carbocycles. The minimum atomic E-state index is 0.198. The Bertz CT molecular complexity index is 366. The topological polar surface area (TPSA) is 39.1 Å². The molecule has 0 saturated heterocycles. The third kappa shape index (κ3) is 5.54. The number of hydrogen-bond donors (Lipinski definition) is 1. The third-order valence-electron chi connectivity index (χ3n) is 2.72. The lowest BCUT2D eigenvalue weighted by Gasteiger charge is -2.21. The maximum Gasteiger partial charge on any atom is 0.211 e. The van der Waals surface area contributed by atoms with Crippen molar-refractivity contribution >= 4 is 0 Å². The SMILES string of the molecule is Cc1cc(OC(C)CCCNC(C)(C)C)n(C)n1. The van der Waals surface area contributed by atoms with Crippen molar-refractivity contribution in [3.63, 3.8) is 0 Å². The van der Waals surface area contributed by atoms with Gasteiger partial charge in [0.1, 0.15) is 0 Å². The molecule has 1 unspecified atom stereocenters. The number of ether oxygens (including phenoxy) is 1. The first kappa shape index (κ1) is 15.0. The fraction of sp³-hybridized carbons (Fsp3) is 0.786. The van der Waals surface area contributed by atoms with Crippen LogP contribution in [0.4, 0.5) is 0 Å². The second-order valence-electron chi connectivity index (χ2n) is 6.00. The highest BCUT2D eigenvalue weighted by molar-refractivity contribution is 5.14. The summed E-state index contributed by atoms with van der Waals surface area (Å²) in [6, 6.07) is 1.98. The summed E-state index contributed by atoms with van der Waals surface area (Å²) >= 11 is 0. The number of nitrogens with one attached hydrogen (secondary N) is 1. The minimum Gasteiger partial charge on any atom is -0.475 e. The Hall–Kier alpha value is -1.03. The average molecular weight is 253 g/mol. The van der Waals surface area contributed by atoms with Crippen molar-refractivity contribution in [2.45, 2.75) is 59.1 Å². The van der Waals surface area contributed by atoms with Gasteiger partial charge in [0.15, 0.2) is 0 Å². The zero-order valence-corrected chi connectivity index (χ0v) is 12.6. The van der Waals surface area contributed by atoms with Crippen LogP contribution >= 0.6 is 0 Å². The molecule has 0 saturated carbocycles. The quantitative estimate of drug-likeness (QED) is 0.792. The van der Waals surface area contributed by atoms with E-state index < -0.39 is 0 Å². The Kier molecular flexibility index (Phi) is 5.20. The summed E-state index contributed by atoms with van der Waals surface area (Å²) in [4.78, 5) is 0. The lowest BCUT2D eigenvalue weighted by Crippen LogP contribution is -2.36. The molecule has 104 valence electrons. The largest absolute Gasteiger partial charge is 0.475 e. The van der Waals surface area contributed by atoms with Crippen LogP contribution in [0.15, 0.2) is 6.07 Å². The summed E-state index contributed by atoms with van der Waals surface area (Å²) < 4.78 is 7.66. The van der Waals surface area contributed by atoms with Gasteiger partial charge in [-0.05, 0) is 54.0 Å². The van der Waals surface area contributed by atoms with Gasteiger partial charge in [0.05, 0.1) is 11.8 Å². The van der Waals surface area contributed by atoms with Crippen LogP contribution in [0.3, 0.4) is 0 Å². The van der Waals surface area contributed by atoms with Crippen molar-refractivity contribution in [3.8, 4) is 5.88 Å². The predicted molar refractivity (Wildman–Crippen MR) is 75.0 cm³/mol. The van der Waals surface area contributed by atoms with Gasteiger partial charge < -0.3 is 10.1 Å². The first-order valence-corrected chi connectivity index (χ1v) is 6.70. The predicted octanol–water partition coefficient (Wildman–Crippen LogP) is 2.66. The van der Waals surface area contributed by atoms with Crippen molar-refractivity contribution < 1.29 is 4.74 Å². The third-order valence-corrected chi connectivity index (χ3v) is 2.72. The van der Waals surface area contributed by atoms with E-state index in [4.69, 9.17) is 4.74 Å². The van der Waals surface area contributed by atoms with Gasteiger partial charge in [0.25, 0.3) is 0 Å². The summed E-state index contributed by atoms with van der Waals surface area (Å²) in [5.41, 5.74) is 1.19. The van der Waals surface area contributed by atoms with E-state index in [1.807, 2.05) is 20.0 Å². The highest BCUT2D eigenvalue weighted by atomic mass is 16.5. The van der Waals surface area contributed by atoms with E-state index in [9.17, 15) is 0 Å². The fourth-order valence-corrected chi connectivity index (χ4v) is 1.82. The monoisotopic (exact) mass is 253 g/mol. The van der Waals surface area contributed by atoms with Crippen molar-refractivity contribution in [1.82, 2.24) is 15.1 Å². The van der Waals surface area contributed by atoms with Gasteiger partial charge in [-0.2, -0.15) is 5.10 Å². The Morgan fingerprint density at radius 1 is 1.44 bits per heavy atom. The van der Waals surface area contributed by atoms with E-state index in [1.165, 1.54) is 0 Å². The molecule has 1 heterocycles. The zero-order chi connectivity index (χ0) is 13.8. The first-order valence-electron chi connectivity index (χ1n) is 6.70. The van der Waals surface area contributed by atoms with Gasteiger partial charge in [0, 0.05) is 18.7 Å². The summed E-state index contributed by atoms with van der Waals surface area (Å²) in [6.07, 6.45) is 2.39. The molecule has 1 atom stereocenters. The van der Waals surface area contributed by atoms with Crippen LogP contribution in [0.5, 0.6) is 5.88 Å². The summed E-state index contributed by atoms with van der Waals surface area (Å²) in [5, 5.41) is 7.76. The van der Waals surface area contributed by atoms with Gasteiger partial charge in [-0.15, -0.1) is 0 Å². The van der Waals surface area contributed by atoms with Crippen LogP contribution in [-0.2, 0) is 7.05 Å². The Morgan fingerprint density at radius 2 is 2.11 bits per heavy atom. The van der Waals surface area contributed by atoms with Crippen LogP contribution in [0.2, 0.25) is 0 Å². The second-order valence-corrected chi connectivity index (χ2v) is 6.00. The lowest BCUT2D eigenvalue weighted by molar-refractivity contribution is 0.189. The smallest absolute Gasteiger partial charge is 0.211 e. The molecule has 4 nitrogen and oxygen atoms in total. The Morgan fingerprint density at radius 3 is 2.61 bits per heavy atom. The van der Waals surface area contributed by atoms with Gasteiger partial charge in [0.2, 0.25) is 5.88 Å². The van der Waals surface area contributed by atoms with Gasteiger partial charge in [-0.25, -0.2) is 4.68 Å². The summed E-state index contributed by atoms with van der Waals surface area (Å²) in [7, 11) is 1.91. The molecule has 0 spiro atoms. The van der Waals surface area contributed by atoms with Crippen LogP contribution < -0.4 is 10.1 Å². The molecule has 0 amide bonds. The number of nitrogens with zero attached hydrogens (tertiary/aromatic N) is 2. The minimum absolute atomic E-state index is 0.198. The van der Waals surface area contributed by atoms with Gasteiger partial charge in [-0.1, -0.05) is 0 Å². The molecular formula is C14H27N3O. The zero-order valence-electron chi connectivity index (χ0n) is 12.6. The van der Waals surface area contributed by atoms with Crippen LogP contribution in [-0.4, -0.2) is 28.0 Å². The van der Waals surface area contributed by atoms with E-state index >= 15 is 0 Å². The molecule has 1 aromatic heterocycles. The number of aryl methyl sites for hydroxylation is 2. The molecule has 0 radical (unpaired) electrons. The normalized spacial score (nSPS) is 13.7. The highest BCUT2D eigenvalue weighted by Crippen LogP contribution is 2.14. The van der Waals surface area contributed by atoms with E-state index in [1.54, 1.807) is 4.68 Å². The number of aromatic nitrogens is 2. The van der Waals surface area contributed by atoms with Crippen molar-refractivity contribution in [3.05, 3.63) is 11.8 Å². The Balaban J connectivity index is 2.26. The molecule has 18 heavy (non-hydrogen) atoms. The van der Waals surface area contributed by atoms with Crippen molar-refractivity contribution in [1.29, 1.82) is 0 Å². The van der Waals surface area contributed by atoms with E-state index in [-0.39, 0.29) is 11.6 Å². The average Bonchev–Trinajstić information content (AvgIpc) is 2.51. The van der Waals surface area contributed by atoms with Gasteiger partial charge >= 0.3 is 0 Å². The number of rotatable bonds is 6. The van der Waals surface area contributed by atoms with Gasteiger partial charge in [-0.3, -0.25) is 0 Å². The fourth-order valence-electron chi connectivity index (χ4n) is 1.82. The summed E-state index contributed by atoms with van der Waals surface area (Å²) in [6.45, 7) is 11.7. The molecule has 0 aliphatic heterocycles. The highest BCUT2D eigenvalue weighted by Gasteiger charge is 2.10. The molecule has 0 aliphatic rings. The molecule has 4 heteroatoms. The Labute approximate surface area is 111 Å². The second kappa shape index (κ2) is 6.23. The molecule has 1 aromatic rings. The number of hydrogen-bond acceptors (Lipinski definition) is 3. The standard InChI is InChI=1S/C14H27N3O/c1-11-10-13(17(6)16-11)18-12(2)8-7-9-15-14(3,4)5/h10,12,15H,7-9H2,1-6H3. The van der Waals surface area contributed by atoms with Crippen molar-refractivity contribution in [2.75, 3.05) is 6.54 Å². The molecule has 0 fully saturated rings. The summed E-state index contributed by atoms with van der Waals surface area (Å²) in [5.74, 6) is 0.851. The van der Waals surface area contributed by atoms with Crippen LogP contribution in [0.25, 0.3) is 0 Å². The van der Waals surface area contributed by atoms with E-state index in [0.29, 0.717) is 0 Å². The van der Waals surface area contributed by atoms with Crippen molar-refractivity contribution in [2.24, 2.45) is 7.05 Å². The molecular weight excluding hydrogens is 226 g/mol. The first-order chi connectivity index (χ1) is 8.28. The lowest BCUT2D eigenvalue weighted by atomic mass is 10.1. The van der Waals surface area contributed by atoms with Crippen LogP contribution in [0, 0.1) is 6.92 Å². The van der Waals surface area contributed by atoms with E-state index in [2.05, 4.69) is 38.1 Å². The molecule has 0 bridgehead atoms. The van der Waals surface area contributed by atoms with E-state index in [0.717, 1.165) is 31.0 Å². The van der Waals surface area contributed by atoms with Crippen LogP contribution in [0.1, 0.15) is 46.2 Å². The maximum absolute atomic E-state index is 5.87. The molecule has 1 rings (SSSR count). The molecule has 1 N–H and O–H groups in total. The molecule has 0 aromatic carbocycles. The maximum atomic E-state index is 5.87.